The zero-order valence-electron chi connectivity index (χ0n) is 9.45. The highest BCUT2D eigenvalue weighted by atomic mass is 127. The van der Waals surface area contributed by atoms with Gasteiger partial charge in [-0.05, 0) is 48.1 Å². The monoisotopic (exact) mass is 358 g/mol. The van der Waals surface area contributed by atoms with E-state index in [0.29, 0.717) is 3.57 Å². The third kappa shape index (κ3) is 2.90. The number of rotatable bonds is 2. The smallest absolute Gasteiger partial charge is 0.265 e. The summed E-state index contributed by atoms with van der Waals surface area (Å²) in [6.45, 7) is 4.13. The highest BCUT2D eigenvalue weighted by Gasteiger charge is 2.08. The number of halogens is 1. The average Bonchev–Trinajstić information content (AvgIpc) is 2.28. The minimum atomic E-state index is -0.0899. The molecule has 1 aromatic heterocycles. The summed E-state index contributed by atoms with van der Waals surface area (Å²) in [5.41, 5.74) is 2.35. The lowest BCUT2D eigenvalue weighted by atomic mass is 10.2. The van der Waals surface area contributed by atoms with Crippen molar-refractivity contribution in [3.8, 4) is 0 Å². The second-order valence-corrected chi connectivity index (χ2v) is 5.83. The molecule has 0 unspecified atom stereocenters. The number of aromatic nitrogens is 2. The normalized spacial score (nSPS) is 10.5. The molecule has 0 bridgehead atoms. The van der Waals surface area contributed by atoms with Gasteiger partial charge in [0.25, 0.3) is 5.56 Å². The topological polar surface area (TPSA) is 45.8 Å². The summed E-state index contributed by atoms with van der Waals surface area (Å²) in [7, 11) is 0. The van der Waals surface area contributed by atoms with Gasteiger partial charge in [0.05, 0.1) is 6.33 Å². The maximum Gasteiger partial charge on any atom is 0.265 e. The van der Waals surface area contributed by atoms with Crippen LogP contribution in [0.25, 0.3) is 0 Å². The van der Waals surface area contributed by atoms with Crippen LogP contribution in [0.2, 0.25) is 0 Å². The van der Waals surface area contributed by atoms with Crippen LogP contribution in [0, 0.1) is 17.4 Å². The number of H-pyrrole nitrogens is 1. The van der Waals surface area contributed by atoms with Crippen molar-refractivity contribution in [2.75, 3.05) is 0 Å². The van der Waals surface area contributed by atoms with Gasteiger partial charge in [-0.1, -0.05) is 29.5 Å². The molecule has 0 aliphatic heterocycles. The van der Waals surface area contributed by atoms with Gasteiger partial charge in [-0.25, -0.2) is 4.98 Å². The first-order chi connectivity index (χ1) is 8.08. The van der Waals surface area contributed by atoms with Crippen LogP contribution in [-0.4, -0.2) is 9.97 Å². The van der Waals surface area contributed by atoms with Gasteiger partial charge in [-0.3, -0.25) is 4.79 Å². The third-order valence-corrected chi connectivity index (χ3v) is 4.85. The summed E-state index contributed by atoms with van der Waals surface area (Å²) in [6.07, 6.45) is 1.44. The van der Waals surface area contributed by atoms with E-state index in [9.17, 15) is 4.79 Å². The fraction of sp³-hybridized carbons (Fsp3) is 0.167. The van der Waals surface area contributed by atoms with Crippen LogP contribution < -0.4 is 5.56 Å². The largest absolute Gasteiger partial charge is 0.312 e. The highest BCUT2D eigenvalue weighted by Crippen LogP contribution is 2.30. The second kappa shape index (κ2) is 5.22. The molecular weight excluding hydrogens is 347 g/mol. The molecule has 0 radical (unpaired) electrons. The van der Waals surface area contributed by atoms with Crippen molar-refractivity contribution in [3.05, 3.63) is 49.6 Å². The molecule has 2 rings (SSSR count). The van der Waals surface area contributed by atoms with Gasteiger partial charge in [-0.2, -0.15) is 0 Å². The summed E-state index contributed by atoms with van der Waals surface area (Å²) >= 11 is 3.55. The molecule has 17 heavy (non-hydrogen) atoms. The van der Waals surface area contributed by atoms with Crippen molar-refractivity contribution in [2.24, 2.45) is 0 Å². The van der Waals surface area contributed by atoms with E-state index < -0.39 is 0 Å². The Kier molecular flexibility index (Phi) is 3.88. The van der Waals surface area contributed by atoms with Crippen LogP contribution in [0.1, 0.15) is 11.1 Å². The molecular formula is C12H11IN2OS. The van der Waals surface area contributed by atoms with Gasteiger partial charge >= 0.3 is 0 Å². The van der Waals surface area contributed by atoms with Crippen molar-refractivity contribution < 1.29 is 0 Å². The maximum absolute atomic E-state index is 11.5. The summed E-state index contributed by atoms with van der Waals surface area (Å²) in [5.74, 6) is 0. The summed E-state index contributed by atoms with van der Waals surface area (Å²) < 4.78 is 0.634. The molecule has 3 nitrogen and oxygen atoms in total. The fourth-order valence-corrected chi connectivity index (χ4v) is 2.93. The van der Waals surface area contributed by atoms with Crippen LogP contribution in [0.15, 0.2) is 39.2 Å². The average molecular weight is 358 g/mol. The number of nitrogens with one attached hydrogen (secondary N) is 1. The summed E-state index contributed by atoms with van der Waals surface area (Å²) in [4.78, 5) is 19.3. The number of nitrogens with zero attached hydrogens (tertiary/aromatic N) is 1. The Morgan fingerprint density at radius 1 is 1.35 bits per heavy atom. The number of aryl methyl sites for hydroxylation is 2. The van der Waals surface area contributed by atoms with Crippen LogP contribution in [0.4, 0.5) is 0 Å². The number of hydrogen-bond donors (Lipinski definition) is 1. The Morgan fingerprint density at radius 2 is 2.12 bits per heavy atom. The van der Waals surface area contributed by atoms with Gasteiger partial charge in [0.2, 0.25) is 0 Å². The molecule has 1 aromatic carbocycles. The van der Waals surface area contributed by atoms with Gasteiger partial charge in [0.15, 0.2) is 0 Å². The number of aromatic amines is 1. The molecule has 0 aliphatic rings. The molecule has 0 spiro atoms. The molecule has 0 aliphatic carbocycles. The molecule has 0 saturated carbocycles. The van der Waals surface area contributed by atoms with Crippen molar-refractivity contribution >= 4 is 34.4 Å². The Balaban J connectivity index is 2.38. The maximum atomic E-state index is 11.5. The highest BCUT2D eigenvalue weighted by molar-refractivity contribution is 14.1. The Morgan fingerprint density at radius 3 is 2.82 bits per heavy atom. The molecule has 5 heteroatoms. The van der Waals surface area contributed by atoms with Crippen molar-refractivity contribution in [1.29, 1.82) is 0 Å². The minimum absolute atomic E-state index is 0.0899. The van der Waals surface area contributed by atoms with E-state index >= 15 is 0 Å². The SMILES string of the molecule is Cc1ccc(Sc2nc[nH]c(=O)c2I)c(C)c1. The zero-order chi connectivity index (χ0) is 12.4. The van der Waals surface area contributed by atoms with Crippen LogP contribution in [0.5, 0.6) is 0 Å². The second-order valence-electron chi connectivity index (χ2n) is 3.72. The fourth-order valence-electron chi connectivity index (χ4n) is 1.46. The first-order valence-electron chi connectivity index (χ1n) is 5.06. The molecule has 2 aromatic rings. The first-order valence-corrected chi connectivity index (χ1v) is 6.96. The number of benzene rings is 1. The lowest BCUT2D eigenvalue weighted by molar-refractivity contribution is 0.987. The summed E-state index contributed by atoms with van der Waals surface area (Å²) in [5, 5.41) is 0.751. The lowest BCUT2D eigenvalue weighted by Gasteiger charge is -2.06. The van der Waals surface area contributed by atoms with Crippen molar-refractivity contribution in [1.82, 2.24) is 9.97 Å². The van der Waals surface area contributed by atoms with Crippen molar-refractivity contribution in [2.45, 2.75) is 23.8 Å². The van der Waals surface area contributed by atoms with E-state index in [1.165, 1.54) is 29.2 Å². The Bertz CT molecular complexity index is 610. The van der Waals surface area contributed by atoms with Crippen LogP contribution in [-0.2, 0) is 0 Å². The Labute approximate surface area is 117 Å². The van der Waals surface area contributed by atoms with Crippen LogP contribution >= 0.6 is 34.4 Å². The molecule has 88 valence electrons. The predicted octanol–water partition coefficient (Wildman–Crippen LogP) is 3.14. The molecule has 0 fully saturated rings. The standard InChI is InChI=1S/C12H11IN2OS/c1-7-3-4-9(8(2)5-7)17-12-10(13)11(16)14-6-15-12/h3-6H,1-2H3,(H,14,15,16). The van der Waals surface area contributed by atoms with E-state index in [-0.39, 0.29) is 5.56 Å². The van der Waals surface area contributed by atoms with E-state index in [1.54, 1.807) is 0 Å². The first kappa shape index (κ1) is 12.6. The minimum Gasteiger partial charge on any atom is -0.312 e. The van der Waals surface area contributed by atoms with E-state index in [2.05, 4.69) is 42.0 Å². The molecule has 1 N–H and O–H groups in total. The van der Waals surface area contributed by atoms with Crippen molar-refractivity contribution in [3.63, 3.8) is 0 Å². The summed E-state index contributed by atoms with van der Waals surface area (Å²) in [6, 6.07) is 6.26. The van der Waals surface area contributed by atoms with Gasteiger partial charge in [0, 0.05) is 4.90 Å². The van der Waals surface area contributed by atoms with Gasteiger partial charge < -0.3 is 4.98 Å². The van der Waals surface area contributed by atoms with Gasteiger partial charge in [0.1, 0.15) is 8.60 Å². The van der Waals surface area contributed by atoms with E-state index in [0.717, 1.165) is 9.92 Å². The quantitative estimate of drug-likeness (QED) is 0.663. The molecule has 1 heterocycles. The molecule has 0 amide bonds. The molecule has 0 atom stereocenters. The third-order valence-electron chi connectivity index (χ3n) is 2.30. The Hall–Kier alpha value is -0.820. The van der Waals surface area contributed by atoms with E-state index in [1.807, 2.05) is 22.6 Å². The van der Waals surface area contributed by atoms with E-state index in [4.69, 9.17) is 0 Å². The zero-order valence-corrected chi connectivity index (χ0v) is 12.4. The number of hydrogen-bond acceptors (Lipinski definition) is 3. The lowest BCUT2D eigenvalue weighted by Crippen LogP contribution is -2.11. The van der Waals surface area contributed by atoms with Gasteiger partial charge in [-0.15, -0.1) is 0 Å². The predicted molar refractivity (Wildman–Crippen MR) is 77.6 cm³/mol. The van der Waals surface area contributed by atoms with Crippen LogP contribution in [0.3, 0.4) is 0 Å². The molecule has 0 saturated heterocycles.